The highest BCUT2D eigenvalue weighted by atomic mass is 127. The smallest absolute Gasteiger partial charge is 0.256 e. The lowest BCUT2D eigenvalue weighted by Gasteiger charge is -2.18. The number of carbonyl (C=O) groups excluding carboxylic acids is 2. The number of thiophene rings is 1. The van der Waals surface area contributed by atoms with Gasteiger partial charge in [-0.2, -0.15) is 0 Å². The van der Waals surface area contributed by atoms with E-state index in [0.29, 0.717) is 22.0 Å². The third-order valence-corrected chi connectivity index (χ3v) is 5.98. The number of nitrogens with two attached hydrogens (primary N) is 1. The van der Waals surface area contributed by atoms with Crippen molar-refractivity contribution in [2.45, 2.75) is 26.2 Å². The first kappa shape index (κ1) is 16.4. The third kappa shape index (κ3) is 3.42. The van der Waals surface area contributed by atoms with Crippen LogP contribution in [0.1, 0.15) is 44.5 Å². The van der Waals surface area contributed by atoms with Crippen molar-refractivity contribution in [3.63, 3.8) is 0 Å². The Hall–Kier alpha value is -1.41. The molecule has 0 fully saturated rings. The molecule has 0 aliphatic heterocycles. The van der Waals surface area contributed by atoms with Gasteiger partial charge in [-0.3, -0.25) is 9.59 Å². The van der Waals surface area contributed by atoms with Gasteiger partial charge in [-0.1, -0.05) is 6.92 Å². The van der Waals surface area contributed by atoms with Crippen LogP contribution in [0.2, 0.25) is 0 Å². The molecule has 0 spiro atoms. The molecule has 6 heteroatoms. The molecule has 1 unspecified atom stereocenters. The molecule has 0 bridgehead atoms. The van der Waals surface area contributed by atoms with Crippen LogP contribution in [0.4, 0.5) is 5.00 Å². The zero-order valence-corrected chi connectivity index (χ0v) is 15.7. The van der Waals surface area contributed by atoms with Crippen LogP contribution in [0.3, 0.4) is 0 Å². The summed E-state index contributed by atoms with van der Waals surface area (Å²) < 4.78 is 1.07. The minimum atomic E-state index is -0.463. The number of hydrogen-bond donors (Lipinski definition) is 2. The Morgan fingerprint density at radius 1 is 1.30 bits per heavy atom. The number of amides is 2. The van der Waals surface area contributed by atoms with Crippen LogP contribution in [-0.2, 0) is 12.8 Å². The van der Waals surface area contributed by atoms with E-state index < -0.39 is 5.91 Å². The highest BCUT2D eigenvalue weighted by Crippen LogP contribution is 2.39. The number of halogens is 1. The second-order valence-electron chi connectivity index (χ2n) is 5.88. The van der Waals surface area contributed by atoms with Gasteiger partial charge in [0.1, 0.15) is 5.00 Å². The highest BCUT2D eigenvalue weighted by molar-refractivity contribution is 14.1. The fourth-order valence-corrected chi connectivity index (χ4v) is 4.65. The number of carbonyl (C=O) groups is 2. The van der Waals surface area contributed by atoms with Gasteiger partial charge in [0.05, 0.1) is 5.56 Å². The van der Waals surface area contributed by atoms with E-state index in [4.69, 9.17) is 5.73 Å². The molecule has 0 radical (unpaired) electrons. The maximum absolute atomic E-state index is 12.4. The first-order valence-corrected chi connectivity index (χ1v) is 9.36. The Bertz CT molecular complexity index is 768. The second kappa shape index (κ2) is 6.60. The summed E-state index contributed by atoms with van der Waals surface area (Å²) in [6, 6.07) is 7.31. The molecule has 2 amide bonds. The van der Waals surface area contributed by atoms with E-state index in [0.717, 1.165) is 28.4 Å². The summed E-state index contributed by atoms with van der Waals surface area (Å²) in [6.07, 6.45) is 2.85. The van der Waals surface area contributed by atoms with Crippen LogP contribution in [0.15, 0.2) is 24.3 Å². The van der Waals surface area contributed by atoms with Gasteiger partial charge >= 0.3 is 0 Å². The van der Waals surface area contributed by atoms with Crippen LogP contribution in [0, 0.1) is 9.49 Å². The summed E-state index contributed by atoms with van der Waals surface area (Å²) in [4.78, 5) is 25.5. The summed E-state index contributed by atoms with van der Waals surface area (Å²) in [7, 11) is 0. The quantitative estimate of drug-likeness (QED) is 0.713. The first-order valence-electron chi connectivity index (χ1n) is 7.47. The fourth-order valence-electron chi connectivity index (χ4n) is 2.88. The Balaban J connectivity index is 1.92. The van der Waals surface area contributed by atoms with E-state index in [1.54, 1.807) is 12.1 Å². The molecule has 1 aromatic heterocycles. The van der Waals surface area contributed by atoms with Gasteiger partial charge in [-0.05, 0) is 77.6 Å². The Labute approximate surface area is 152 Å². The lowest BCUT2D eigenvalue weighted by molar-refractivity contribution is 0.1000. The zero-order valence-electron chi connectivity index (χ0n) is 12.7. The van der Waals surface area contributed by atoms with Crippen molar-refractivity contribution in [1.29, 1.82) is 0 Å². The van der Waals surface area contributed by atoms with E-state index in [-0.39, 0.29) is 5.91 Å². The summed E-state index contributed by atoms with van der Waals surface area (Å²) in [5, 5.41) is 3.46. The molecule has 1 aliphatic carbocycles. The average molecular weight is 440 g/mol. The van der Waals surface area contributed by atoms with Gasteiger partial charge < -0.3 is 11.1 Å². The second-order valence-corrected chi connectivity index (χ2v) is 8.23. The maximum Gasteiger partial charge on any atom is 0.256 e. The van der Waals surface area contributed by atoms with Crippen molar-refractivity contribution in [1.82, 2.24) is 0 Å². The number of nitrogens with one attached hydrogen (secondary N) is 1. The van der Waals surface area contributed by atoms with Crippen LogP contribution in [-0.4, -0.2) is 11.8 Å². The van der Waals surface area contributed by atoms with Gasteiger partial charge in [-0.25, -0.2) is 0 Å². The molecule has 120 valence electrons. The Morgan fingerprint density at radius 2 is 2.00 bits per heavy atom. The topological polar surface area (TPSA) is 72.2 Å². The van der Waals surface area contributed by atoms with Gasteiger partial charge in [0, 0.05) is 14.0 Å². The summed E-state index contributed by atoms with van der Waals surface area (Å²) >= 11 is 3.68. The SMILES string of the molecule is CC1CCc2c(sc(NC(=O)c3ccc(I)cc3)c2C(N)=O)C1. The zero-order chi connectivity index (χ0) is 16.6. The summed E-state index contributed by atoms with van der Waals surface area (Å²) in [5.41, 5.74) is 7.66. The van der Waals surface area contributed by atoms with Crippen molar-refractivity contribution in [3.8, 4) is 0 Å². The van der Waals surface area contributed by atoms with E-state index in [9.17, 15) is 9.59 Å². The Kier molecular flexibility index (Phi) is 4.72. The van der Waals surface area contributed by atoms with Gasteiger partial charge in [-0.15, -0.1) is 11.3 Å². The third-order valence-electron chi connectivity index (χ3n) is 4.09. The fraction of sp³-hybridized carbons (Fsp3) is 0.294. The lowest BCUT2D eigenvalue weighted by Crippen LogP contribution is -2.19. The molecule has 1 aliphatic rings. The van der Waals surface area contributed by atoms with E-state index >= 15 is 0 Å². The molecule has 0 saturated carbocycles. The number of fused-ring (bicyclic) bond motifs is 1. The van der Waals surface area contributed by atoms with Crippen molar-refractivity contribution < 1.29 is 9.59 Å². The van der Waals surface area contributed by atoms with Crippen molar-refractivity contribution in [2.24, 2.45) is 11.7 Å². The minimum absolute atomic E-state index is 0.212. The van der Waals surface area contributed by atoms with Gasteiger partial charge in [0.2, 0.25) is 0 Å². The van der Waals surface area contributed by atoms with Crippen LogP contribution >= 0.6 is 33.9 Å². The van der Waals surface area contributed by atoms with Crippen LogP contribution in [0.5, 0.6) is 0 Å². The number of benzene rings is 1. The van der Waals surface area contributed by atoms with Crippen molar-refractivity contribution in [2.75, 3.05) is 5.32 Å². The van der Waals surface area contributed by atoms with Gasteiger partial charge in [0.15, 0.2) is 0 Å². The molecule has 1 aromatic carbocycles. The van der Waals surface area contributed by atoms with E-state index in [1.165, 1.54) is 16.2 Å². The molecule has 23 heavy (non-hydrogen) atoms. The molecule has 2 aromatic rings. The molecule has 1 heterocycles. The van der Waals surface area contributed by atoms with Crippen LogP contribution in [0.25, 0.3) is 0 Å². The molecule has 3 rings (SSSR count). The average Bonchev–Trinajstić information content (AvgIpc) is 2.84. The molecule has 1 atom stereocenters. The van der Waals surface area contributed by atoms with Gasteiger partial charge in [0.25, 0.3) is 11.8 Å². The molecule has 0 saturated heterocycles. The largest absolute Gasteiger partial charge is 0.365 e. The summed E-state index contributed by atoms with van der Waals surface area (Å²) in [6.45, 7) is 2.20. The lowest BCUT2D eigenvalue weighted by atomic mass is 9.88. The minimum Gasteiger partial charge on any atom is -0.365 e. The molecular weight excluding hydrogens is 423 g/mol. The van der Waals surface area contributed by atoms with E-state index in [2.05, 4.69) is 34.8 Å². The number of rotatable bonds is 3. The van der Waals surface area contributed by atoms with E-state index in [1.807, 2.05) is 12.1 Å². The van der Waals surface area contributed by atoms with Crippen molar-refractivity contribution in [3.05, 3.63) is 49.4 Å². The van der Waals surface area contributed by atoms with Crippen LogP contribution < -0.4 is 11.1 Å². The highest BCUT2D eigenvalue weighted by Gasteiger charge is 2.27. The predicted molar refractivity (Wildman–Crippen MR) is 101 cm³/mol. The standard InChI is InChI=1S/C17H17IN2O2S/c1-9-2-7-12-13(8-9)23-17(14(12)15(19)21)20-16(22)10-3-5-11(18)6-4-10/h3-6,9H,2,7-8H2,1H3,(H2,19,21)(H,20,22). The number of primary amides is 1. The monoisotopic (exact) mass is 440 g/mol. The predicted octanol–water partition coefficient (Wildman–Crippen LogP) is 3.83. The number of hydrogen-bond acceptors (Lipinski definition) is 3. The molecular formula is C17H17IN2O2S. The normalized spacial score (nSPS) is 16.7. The summed E-state index contributed by atoms with van der Waals surface area (Å²) in [5.74, 6) is -0.0767. The maximum atomic E-state index is 12.4. The van der Waals surface area contributed by atoms with Crippen molar-refractivity contribution >= 4 is 50.7 Å². The number of anilines is 1. The molecule has 4 nitrogen and oxygen atoms in total. The molecule has 3 N–H and O–H groups in total. The Morgan fingerprint density at radius 3 is 2.65 bits per heavy atom. The first-order chi connectivity index (χ1) is 11.0.